The second kappa shape index (κ2) is 7.83. The van der Waals surface area contributed by atoms with Crippen molar-refractivity contribution >= 4 is 5.91 Å². The molecule has 2 fully saturated rings. The van der Waals surface area contributed by atoms with E-state index in [-0.39, 0.29) is 18.0 Å². The van der Waals surface area contributed by atoms with Gasteiger partial charge < -0.3 is 11.1 Å². The van der Waals surface area contributed by atoms with Gasteiger partial charge in [-0.25, -0.2) is 0 Å². The van der Waals surface area contributed by atoms with Crippen molar-refractivity contribution in [2.75, 3.05) is 19.6 Å². The molecule has 4 rings (SSSR count). The van der Waals surface area contributed by atoms with Gasteiger partial charge in [-0.1, -0.05) is 60.2 Å². The third-order valence-electron chi connectivity index (χ3n) is 5.88. The molecule has 1 aliphatic heterocycles. The highest BCUT2D eigenvalue weighted by Crippen LogP contribution is 2.41. The Labute approximate surface area is 161 Å². The van der Waals surface area contributed by atoms with Crippen LogP contribution in [0.4, 0.5) is 0 Å². The van der Waals surface area contributed by atoms with Crippen molar-refractivity contribution in [2.45, 2.75) is 37.8 Å². The predicted octanol–water partition coefficient (Wildman–Crippen LogP) is 2.99. The summed E-state index contributed by atoms with van der Waals surface area (Å²) >= 11 is 0. The average molecular weight is 364 g/mol. The normalized spacial score (nSPS) is 23.9. The molecule has 1 heterocycles. The molecule has 142 valence electrons. The molecule has 0 bridgehead atoms. The number of amides is 1. The Morgan fingerprint density at radius 1 is 1.11 bits per heavy atom. The van der Waals surface area contributed by atoms with Crippen molar-refractivity contribution in [3.05, 3.63) is 71.3 Å². The van der Waals surface area contributed by atoms with Crippen LogP contribution < -0.4 is 11.1 Å². The predicted molar refractivity (Wildman–Crippen MR) is 108 cm³/mol. The molecule has 3 N–H and O–H groups in total. The number of nitrogens with one attached hydrogen (secondary N) is 1. The lowest BCUT2D eigenvalue weighted by molar-refractivity contribution is -0.122. The van der Waals surface area contributed by atoms with E-state index in [1.54, 1.807) is 0 Å². The molecule has 1 saturated carbocycles. The highest BCUT2D eigenvalue weighted by atomic mass is 16.2. The van der Waals surface area contributed by atoms with Crippen LogP contribution in [0.2, 0.25) is 0 Å². The highest BCUT2D eigenvalue weighted by molar-refractivity contribution is 5.78. The van der Waals surface area contributed by atoms with E-state index in [4.69, 9.17) is 5.73 Å². The minimum absolute atomic E-state index is 0.0801. The van der Waals surface area contributed by atoms with E-state index >= 15 is 0 Å². The Morgan fingerprint density at radius 3 is 2.48 bits per heavy atom. The van der Waals surface area contributed by atoms with Crippen molar-refractivity contribution in [1.82, 2.24) is 10.2 Å². The van der Waals surface area contributed by atoms with Gasteiger partial charge >= 0.3 is 0 Å². The van der Waals surface area contributed by atoms with E-state index in [1.165, 1.54) is 29.5 Å². The molecule has 2 aromatic carbocycles. The molecular formula is C23H29N3O. The molecule has 1 aliphatic carbocycles. The molecule has 0 aromatic heterocycles. The lowest BCUT2D eigenvalue weighted by Crippen LogP contribution is -2.39. The first-order valence-corrected chi connectivity index (χ1v) is 9.99. The summed E-state index contributed by atoms with van der Waals surface area (Å²) < 4.78 is 0. The van der Waals surface area contributed by atoms with E-state index in [2.05, 4.69) is 65.7 Å². The zero-order valence-corrected chi connectivity index (χ0v) is 16.0. The Bertz CT molecular complexity index is 770. The summed E-state index contributed by atoms with van der Waals surface area (Å²) in [6.45, 7) is 4.13. The second-order valence-electron chi connectivity index (χ2n) is 8.17. The Morgan fingerprint density at radius 2 is 1.81 bits per heavy atom. The fourth-order valence-electron chi connectivity index (χ4n) is 4.19. The number of likely N-dealkylation sites (tertiary alicyclic amines) is 1. The molecule has 1 amide bonds. The third-order valence-corrected chi connectivity index (χ3v) is 5.88. The molecule has 2 aliphatic rings. The van der Waals surface area contributed by atoms with Gasteiger partial charge in [-0.3, -0.25) is 9.69 Å². The topological polar surface area (TPSA) is 58.4 Å². The first-order chi connectivity index (χ1) is 13.1. The van der Waals surface area contributed by atoms with Crippen LogP contribution in [0.5, 0.6) is 0 Å². The van der Waals surface area contributed by atoms with Gasteiger partial charge in [0.05, 0.1) is 12.6 Å². The number of carbonyl (C=O) groups is 1. The lowest BCUT2D eigenvalue weighted by atomic mass is 9.95. The number of hydrogen-bond acceptors (Lipinski definition) is 3. The van der Waals surface area contributed by atoms with Crippen molar-refractivity contribution < 1.29 is 4.79 Å². The largest absolute Gasteiger partial charge is 0.348 e. The molecular weight excluding hydrogens is 334 g/mol. The maximum absolute atomic E-state index is 12.7. The molecule has 0 spiro atoms. The van der Waals surface area contributed by atoms with Crippen LogP contribution in [0.25, 0.3) is 0 Å². The number of hydrogen-bond donors (Lipinski definition) is 2. The Hall–Kier alpha value is -2.17. The Kier molecular flexibility index (Phi) is 5.28. The monoisotopic (exact) mass is 363 g/mol. The van der Waals surface area contributed by atoms with E-state index in [0.717, 1.165) is 13.1 Å². The first kappa shape index (κ1) is 18.2. The van der Waals surface area contributed by atoms with E-state index in [0.29, 0.717) is 18.4 Å². The van der Waals surface area contributed by atoms with Gasteiger partial charge in [0, 0.05) is 25.0 Å². The molecule has 4 nitrogen and oxygen atoms in total. The molecule has 1 unspecified atom stereocenters. The third kappa shape index (κ3) is 4.40. The number of benzene rings is 2. The van der Waals surface area contributed by atoms with E-state index in [9.17, 15) is 4.79 Å². The zero-order chi connectivity index (χ0) is 18.8. The fourth-order valence-corrected chi connectivity index (χ4v) is 4.19. The van der Waals surface area contributed by atoms with E-state index < -0.39 is 0 Å². The van der Waals surface area contributed by atoms with Gasteiger partial charge in [0.1, 0.15) is 0 Å². The summed E-state index contributed by atoms with van der Waals surface area (Å²) in [5.74, 6) is 0.985. The second-order valence-corrected chi connectivity index (χ2v) is 8.17. The van der Waals surface area contributed by atoms with Crippen LogP contribution in [0.1, 0.15) is 41.5 Å². The number of nitrogens with two attached hydrogens (primary N) is 1. The standard InChI is InChI=1S/C23H29N3O/c1-16-7-9-18(10-8-16)23(19-11-12-19)25-22(27)15-26-13-20(21(24)14-26)17-5-3-2-4-6-17/h2-10,19-21,23H,11-15,24H2,1H3,(H,25,27)/t20-,21+,23?/m0/s1. The summed E-state index contributed by atoms with van der Waals surface area (Å²) in [4.78, 5) is 14.9. The highest BCUT2D eigenvalue weighted by Gasteiger charge is 2.35. The van der Waals surface area contributed by atoms with Gasteiger partial charge in [-0.2, -0.15) is 0 Å². The summed E-state index contributed by atoms with van der Waals surface area (Å²) in [6, 6.07) is 19.2. The van der Waals surface area contributed by atoms with Gasteiger partial charge in [0.15, 0.2) is 0 Å². The lowest BCUT2D eigenvalue weighted by Gasteiger charge is -2.22. The average Bonchev–Trinajstić information content (AvgIpc) is 3.44. The number of rotatable bonds is 6. The van der Waals surface area contributed by atoms with Crippen LogP contribution in [-0.2, 0) is 4.79 Å². The van der Waals surface area contributed by atoms with Crippen LogP contribution in [0, 0.1) is 12.8 Å². The summed E-state index contributed by atoms with van der Waals surface area (Å²) in [6.07, 6.45) is 2.40. The number of aryl methyl sites for hydroxylation is 1. The van der Waals surface area contributed by atoms with Crippen LogP contribution >= 0.6 is 0 Å². The van der Waals surface area contributed by atoms with Crippen molar-refractivity contribution in [2.24, 2.45) is 11.7 Å². The minimum Gasteiger partial charge on any atom is -0.348 e. The molecule has 27 heavy (non-hydrogen) atoms. The summed E-state index contributed by atoms with van der Waals surface area (Å²) in [5.41, 5.74) is 10.1. The Balaban J connectivity index is 1.37. The fraction of sp³-hybridized carbons (Fsp3) is 0.435. The minimum atomic E-state index is 0.0801. The van der Waals surface area contributed by atoms with Crippen molar-refractivity contribution in [1.29, 1.82) is 0 Å². The number of nitrogens with zero attached hydrogens (tertiary/aromatic N) is 1. The van der Waals surface area contributed by atoms with Gasteiger partial charge in [-0.15, -0.1) is 0 Å². The van der Waals surface area contributed by atoms with Crippen molar-refractivity contribution in [3.8, 4) is 0 Å². The van der Waals surface area contributed by atoms with Crippen molar-refractivity contribution in [3.63, 3.8) is 0 Å². The van der Waals surface area contributed by atoms with Crippen LogP contribution in [0.3, 0.4) is 0 Å². The quantitative estimate of drug-likeness (QED) is 0.829. The van der Waals surface area contributed by atoms with Crippen LogP contribution in [0.15, 0.2) is 54.6 Å². The van der Waals surface area contributed by atoms with Gasteiger partial charge in [-0.05, 0) is 36.8 Å². The maximum atomic E-state index is 12.7. The van der Waals surface area contributed by atoms with Crippen LogP contribution in [-0.4, -0.2) is 36.5 Å². The molecule has 2 aromatic rings. The smallest absolute Gasteiger partial charge is 0.234 e. The summed E-state index contributed by atoms with van der Waals surface area (Å²) in [7, 11) is 0. The van der Waals surface area contributed by atoms with E-state index in [1.807, 2.05) is 6.07 Å². The van der Waals surface area contributed by atoms with Gasteiger partial charge in [0.25, 0.3) is 0 Å². The molecule has 4 heteroatoms. The van der Waals surface area contributed by atoms with Gasteiger partial charge in [0.2, 0.25) is 5.91 Å². The number of carbonyl (C=O) groups excluding carboxylic acids is 1. The molecule has 1 saturated heterocycles. The molecule has 3 atom stereocenters. The zero-order valence-electron chi connectivity index (χ0n) is 16.0. The first-order valence-electron chi connectivity index (χ1n) is 9.99. The SMILES string of the molecule is Cc1ccc(C(NC(=O)CN2C[C@@H](N)[C@H](c3ccccc3)C2)C2CC2)cc1. The maximum Gasteiger partial charge on any atom is 0.234 e. The molecule has 0 radical (unpaired) electrons. The summed E-state index contributed by atoms with van der Waals surface area (Å²) in [5, 5.41) is 3.29.